The van der Waals surface area contributed by atoms with E-state index in [1.165, 1.54) is 0 Å². The molecule has 1 aromatic rings. The van der Waals surface area contributed by atoms with E-state index in [2.05, 4.69) is 10.0 Å². The van der Waals surface area contributed by atoms with Gasteiger partial charge in [0.1, 0.15) is 0 Å². The van der Waals surface area contributed by atoms with Crippen LogP contribution in [0.5, 0.6) is 0 Å². The van der Waals surface area contributed by atoms with E-state index < -0.39 is 16.1 Å². The summed E-state index contributed by atoms with van der Waals surface area (Å²) < 4.78 is 24.3. The molecule has 6 nitrogen and oxygen atoms in total. The van der Waals surface area contributed by atoms with Crippen molar-refractivity contribution < 1.29 is 13.2 Å². The fourth-order valence-corrected chi connectivity index (χ4v) is 1.88. The summed E-state index contributed by atoms with van der Waals surface area (Å²) in [5.41, 5.74) is 7.19. The van der Waals surface area contributed by atoms with Gasteiger partial charge < -0.3 is 11.1 Å². The standard InChI is InChI=1S/C13H21N3O3S/c1-9(2)12(14)13(17)16-11-6-4-10(5-7-11)8-15-20(3,18)19/h4-7,9,12,15H,8,14H2,1-3H3,(H,16,17)/t12-/m0/s1. The zero-order valence-corrected chi connectivity index (χ0v) is 12.7. The molecule has 0 unspecified atom stereocenters. The lowest BCUT2D eigenvalue weighted by Gasteiger charge is -2.15. The molecule has 1 amide bonds. The van der Waals surface area contributed by atoms with E-state index >= 15 is 0 Å². The molecule has 0 heterocycles. The first-order valence-electron chi connectivity index (χ1n) is 6.29. The van der Waals surface area contributed by atoms with Crippen molar-refractivity contribution in [2.45, 2.75) is 26.4 Å². The van der Waals surface area contributed by atoms with Gasteiger partial charge in [0.2, 0.25) is 15.9 Å². The van der Waals surface area contributed by atoms with Gasteiger partial charge in [-0.2, -0.15) is 0 Å². The molecule has 0 saturated carbocycles. The lowest BCUT2D eigenvalue weighted by Crippen LogP contribution is -2.39. The van der Waals surface area contributed by atoms with Crippen molar-refractivity contribution >= 4 is 21.6 Å². The minimum atomic E-state index is -3.21. The van der Waals surface area contributed by atoms with Crippen molar-refractivity contribution in [1.82, 2.24) is 4.72 Å². The molecule has 0 radical (unpaired) electrons. The quantitative estimate of drug-likeness (QED) is 0.718. The third kappa shape index (κ3) is 5.68. The average molecular weight is 299 g/mol. The number of hydrogen-bond acceptors (Lipinski definition) is 4. The van der Waals surface area contributed by atoms with E-state index in [4.69, 9.17) is 5.73 Å². The highest BCUT2D eigenvalue weighted by Gasteiger charge is 2.16. The Hall–Kier alpha value is -1.44. The third-order valence-electron chi connectivity index (χ3n) is 2.78. The second-order valence-electron chi connectivity index (χ2n) is 5.05. The Morgan fingerprint density at radius 2 is 1.80 bits per heavy atom. The maximum atomic E-state index is 11.8. The molecule has 1 atom stereocenters. The number of carbonyl (C=O) groups excluding carboxylic acids is 1. The fraction of sp³-hybridized carbons (Fsp3) is 0.462. The van der Waals surface area contributed by atoms with E-state index in [1.54, 1.807) is 24.3 Å². The number of amides is 1. The van der Waals surface area contributed by atoms with Crippen molar-refractivity contribution in [2.24, 2.45) is 11.7 Å². The maximum Gasteiger partial charge on any atom is 0.241 e. The van der Waals surface area contributed by atoms with Crippen LogP contribution in [-0.2, 0) is 21.4 Å². The normalized spacial score (nSPS) is 13.2. The summed E-state index contributed by atoms with van der Waals surface area (Å²) in [7, 11) is -3.21. The number of nitrogens with one attached hydrogen (secondary N) is 2. The SMILES string of the molecule is CC(C)[C@H](N)C(=O)Nc1ccc(CNS(C)(=O)=O)cc1. The zero-order valence-electron chi connectivity index (χ0n) is 11.9. The van der Waals surface area contributed by atoms with Gasteiger partial charge in [0.05, 0.1) is 12.3 Å². The number of benzene rings is 1. The highest BCUT2D eigenvalue weighted by Crippen LogP contribution is 2.11. The van der Waals surface area contributed by atoms with Crippen molar-refractivity contribution in [3.63, 3.8) is 0 Å². The van der Waals surface area contributed by atoms with Gasteiger partial charge in [-0.05, 0) is 23.6 Å². The monoisotopic (exact) mass is 299 g/mol. The fourth-order valence-electron chi connectivity index (χ4n) is 1.45. The Morgan fingerprint density at radius 1 is 1.25 bits per heavy atom. The van der Waals surface area contributed by atoms with Crippen LogP contribution in [0.3, 0.4) is 0 Å². The molecular weight excluding hydrogens is 278 g/mol. The molecule has 1 aromatic carbocycles. The number of sulfonamides is 1. The molecule has 0 aliphatic heterocycles. The molecule has 0 bridgehead atoms. The molecule has 7 heteroatoms. The van der Waals surface area contributed by atoms with Crippen molar-refractivity contribution in [3.05, 3.63) is 29.8 Å². The summed E-state index contributed by atoms with van der Waals surface area (Å²) in [4.78, 5) is 11.8. The Bertz CT molecular complexity index is 553. The van der Waals surface area contributed by atoms with Gasteiger partial charge in [-0.15, -0.1) is 0 Å². The van der Waals surface area contributed by atoms with Crippen molar-refractivity contribution in [1.29, 1.82) is 0 Å². The number of nitrogens with two attached hydrogens (primary N) is 1. The third-order valence-corrected chi connectivity index (χ3v) is 3.45. The van der Waals surface area contributed by atoms with Crippen LogP contribution in [0, 0.1) is 5.92 Å². The van der Waals surface area contributed by atoms with E-state index in [1.807, 2.05) is 13.8 Å². The van der Waals surface area contributed by atoms with Gasteiger partial charge in [0, 0.05) is 12.2 Å². The van der Waals surface area contributed by atoms with Crippen LogP contribution in [0.4, 0.5) is 5.69 Å². The van der Waals surface area contributed by atoms with Crippen LogP contribution in [-0.4, -0.2) is 26.6 Å². The van der Waals surface area contributed by atoms with Crippen LogP contribution in [0.25, 0.3) is 0 Å². The molecule has 0 fully saturated rings. The second-order valence-corrected chi connectivity index (χ2v) is 6.88. The molecule has 4 N–H and O–H groups in total. The topological polar surface area (TPSA) is 101 Å². The Kier molecular flexibility index (Phi) is 5.67. The smallest absolute Gasteiger partial charge is 0.241 e. The molecule has 112 valence electrons. The zero-order chi connectivity index (χ0) is 15.3. The predicted molar refractivity (Wildman–Crippen MR) is 79.6 cm³/mol. The predicted octanol–water partition coefficient (Wildman–Crippen LogP) is 0.658. The summed E-state index contributed by atoms with van der Waals surface area (Å²) in [6.45, 7) is 3.98. The summed E-state index contributed by atoms with van der Waals surface area (Å²) >= 11 is 0. The lowest BCUT2D eigenvalue weighted by molar-refractivity contribution is -0.118. The largest absolute Gasteiger partial charge is 0.325 e. The number of carbonyl (C=O) groups is 1. The molecular formula is C13H21N3O3S. The van der Waals surface area contributed by atoms with Crippen LogP contribution >= 0.6 is 0 Å². The Labute approximate surface area is 119 Å². The number of rotatable bonds is 6. The van der Waals surface area contributed by atoms with Crippen LogP contribution in [0.2, 0.25) is 0 Å². The van der Waals surface area contributed by atoms with Crippen LogP contribution in [0.1, 0.15) is 19.4 Å². The minimum absolute atomic E-state index is 0.0632. The maximum absolute atomic E-state index is 11.8. The minimum Gasteiger partial charge on any atom is -0.325 e. The van der Waals surface area contributed by atoms with E-state index in [0.717, 1.165) is 11.8 Å². The highest BCUT2D eigenvalue weighted by atomic mass is 32.2. The van der Waals surface area contributed by atoms with Crippen LogP contribution in [0.15, 0.2) is 24.3 Å². The van der Waals surface area contributed by atoms with Gasteiger partial charge in [-0.3, -0.25) is 4.79 Å². The first-order valence-corrected chi connectivity index (χ1v) is 8.18. The van der Waals surface area contributed by atoms with Crippen LogP contribution < -0.4 is 15.8 Å². The van der Waals surface area contributed by atoms with E-state index in [0.29, 0.717) is 5.69 Å². The molecule has 0 spiro atoms. The van der Waals surface area contributed by atoms with E-state index in [9.17, 15) is 13.2 Å². The summed E-state index contributed by atoms with van der Waals surface area (Å²) in [6.07, 6.45) is 1.11. The molecule has 1 rings (SSSR count). The van der Waals surface area contributed by atoms with Gasteiger partial charge in [0.25, 0.3) is 0 Å². The van der Waals surface area contributed by atoms with Crippen molar-refractivity contribution in [2.75, 3.05) is 11.6 Å². The Balaban J connectivity index is 2.61. The van der Waals surface area contributed by atoms with Crippen molar-refractivity contribution in [3.8, 4) is 0 Å². The van der Waals surface area contributed by atoms with Gasteiger partial charge in [-0.1, -0.05) is 26.0 Å². The summed E-state index contributed by atoms with van der Waals surface area (Å²) in [5.74, 6) is -0.171. The van der Waals surface area contributed by atoms with Gasteiger partial charge in [0.15, 0.2) is 0 Å². The lowest BCUT2D eigenvalue weighted by atomic mass is 10.0. The summed E-state index contributed by atoms with van der Waals surface area (Å²) in [5, 5.41) is 2.72. The first kappa shape index (κ1) is 16.6. The first-order chi connectivity index (χ1) is 9.19. The molecule has 0 aliphatic carbocycles. The number of anilines is 1. The highest BCUT2D eigenvalue weighted by molar-refractivity contribution is 7.88. The van der Waals surface area contributed by atoms with E-state index in [-0.39, 0.29) is 18.4 Å². The molecule has 0 saturated heterocycles. The molecule has 0 aromatic heterocycles. The summed E-state index contributed by atoms with van der Waals surface area (Å²) in [6, 6.07) is 6.36. The Morgan fingerprint density at radius 3 is 2.25 bits per heavy atom. The molecule has 20 heavy (non-hydrogen) atoms. The van der Waals surface area contributed by atoms with Gasteiger partial charge >= 0.3 is 0 Å². The second kappa shape index (κ2) is 6.83. The average Bonchev–Trinajstić information content (AvgIpc) is 2.36. The van der Waals surface area contributed by atoms with Gasteiger partial charge in [-0.25, -0.2) is 13.1 Å². The molecule has 0 aliphatic rings. The number of hydrogen-bond donors (Lipinski definition) is 3.